The fourth-order valence-corrected chi connectivity index (χ4v) is 4.78. The number of benzene rings is 1. The lowest BCUT2D eigenvalue weighted by Crippen LogP contribution is -2.24. The van der Waals surface area contributed by atoms with E-state index in [1.165, 1.54) is 4.90 Å². The zero-order valence-electron chi connectivity index (χ0n) is 11.6. The minimum Gasteiger partial charge on any atom is -0.481 e. The zero-order valence-corrected chi connectivity index (χ0v) is 12.5. The van der Waals surface area contributed by atoms with Crippen LogP contribution in [0.2, 0.25) is 0 Å². The van der Waals surface area contributed by atoms with E-state index in [9.17, 15) is 4.79 Å². The molecule has 0 aliphatic carbocycles. The van der Waals surface area contributed by atoms with Crippen LogP contribution in [0.15, 0.2) is 29.2 Å². The van der Waals surface area contributed by atoms with Gasteiger partial charge in [0.05, 0.1) is 0 Å². The van der Waals surface area contributed by atoms with E-state index in [0.717, 1.165) is 5.56 Å². The summed E-state index contributed by atoms with van der Waals surface area (Å²) in [7, 11) is 0.271. The van der Waals surface area contributed by atoms with Crippen molar-refractivity contribution >= 4 is 16.9 Å². The van der Waals surface area contributed by atoms with Crippen LogP contribution < -0.4 is 0 Å². The summed E-state index contributed by atoms with van der Waals surface area (Å²) in [6.45, 7) is 9.06. The Hall–Kier alpha value is -0.960. The van der Waals surface area contributed by atoms with Crippen molar-refractivity contribution in [3.63, 3.8) is 0 Å². The fraction of sp³-hybridized carbons (Fsp3) is 0.533. The quantitative estimate of drug-likeness (QED) is 0.801. The second kappa shape index (κ2) is 6.83. The van der Waals surface area contributed by atoms with Gasteiger partial charge in [-0.15, -0.1) is 0 Å². The number of hydrogen-bond acceptors (Lipinski definition) is 1. The van der Waals surface area contributed by atoms with Gasteiger partial charge in [-0.25, -0.2) is 0 Å². The Labute approximate surface area is 113 Å². The van der Waals surface area contributed by atoms with Gasteiger partial charge in [-0.3, -0.25) is 4.79 Å². The molecule has 0 saturated heterocycles. The third kappa shape index (κ3) is 4.37. The van der Waals surface area contributed by atoms with Crippen LogP contribution in [0, 0.1) is 0 Å². The van der Waals surface area contributed by atoms with E-state index >= 15 is 0 Å². The first-order valence-corrected chi connectivity index (χ1v) is 7.79. The van der Waals surface area contributed by atoms with Crippen molar-refractivity contribution in [2.75, 3.05) is 0 Å². The average Bonchev–Trinajstić information content (AvgIpc) is 2.27. The van der Waals surface area contributed by atoms with Gasteiger partial charge >= 0.3 is 5.97 Å². The first-order chi connectivity index (χ1) is 8.41. The van der Waals surface area contributed by atoms with Crippen LogP contribution >= 0.6 is 0 Å². The average molecular weight is 267 g/mol. The van der Waals surface area contributed by atoms with E-state index in [1.54, 1.807) is 0 Å². The third-order valence-electron chi connectivity index (χ3n) is 2.84. The molecule has 2 nitrogen and oxygen atoms in total. The molecule has 0 spiro atoms. The number of carbonyl (C=O) groups is 1. The van der Waals surface area contributed by atoms with Crippen molar-refractivity contribution in [1.29, 1.82) is 0 Å². The zero-order chi connectivity index (χ0) is 13.7. The lowest BCUT2D eigenvalue weighted by molar-refractivity contribution is -0.136. The van der Waals surface area contributed by atoms with E-state index in [4.69, 9.17) is 5.11 Å². The second-order valence-electron chi connectivity index (χ2n) is 5.01. The molecule has 100 valence electrons. The number of aliphatic carboxylic acids is 1. The molecule has 0 fully saturated rings. The van der Waals surface area contributed by atoms with Crippen LogP contribution in [-0.2, 0) is 22.1 Å². The smallest absolute Gasteiger partial charge is 0.303 e. The molecule has 0 heterocycles. The summed E-state index contributed by atoms with van der Waals surface area (Å²) in [5, 5.41) is 9.96. The molecule has 0 saturated carbocycles. The summed E-state index contributed by atoms with van der Waals surface area (Å²) in [6.07, 6.45) is 0.826. The molecule has 18 heavy (non-hydrogen) atoms. The molecule has 0 aliphatic rings. The normalized spacial score (nSPS) is 11.5. The highest BCUT2D eigenvalue weighted by Gasteiger charge is 2.29. The topological polar surface area (TPSA) is 37.3 Å². The Balaban J connectivity index is 2.77. The lowest BCUT2D eigenvalue weighted by atomic mass is 10.1. The highest BCUT2D eigenvalue weighted by Crippen LogP contribution is 2.24. The van der Waals surface area contributed by atoms with Crippen molar-refractivity contribution < 1.29 is 9.90 Å². The Morgan fingerprint density at radius 1 is 1.11 bits per heavy atom. The number of carboxylic acids is 1. The van der Waals surface area contributed by atoms with Crippen LogP contribution in [0.5, 0.6) is 0 Å². The molecule has 1 aromatic rings. The largest absolute Gasteiger partial charge is 0.481 e. The lowest BCUT2D eigenvalue weighted by Gasteiger charge is -2.15. The molecule has 3 heteroatoms. The van der Waals surface area contributed by atoms with Gasteiger partial charge in [0.1, 0.15) is 10.5 Å². The third-order valence-corrected chi connectivity index (χ3v) is 5.69. The van der Waals surface area contributed by atoms with E-state index in [2.05, 4.69) is 52.0 Å². The van der Waals surface area contributed by atoms with Crippen molar-refractivity contribution in [2.24, 2.45) is 0 Å². The van der Waals surface area contributed by atoms with Crippen molar-refractivity contribution in [2.45, 2.75) is 55.9 Å². The summed E-state index contributed by atoms with van der Waals surface area (Å²) in [5.41, 5.74) is 1.11. The van der Waals surface area contributed by atoms with Crippen molar-refractivity contribution in [3.8, 4) is 0 Å². The fourth-order valence-electron chi connectivity index (χ4n) is 2.15. The van der Waals surface area contributed by atoms with Gasteiger partial charge in [-0.1, -0.05) is 12.1 Å². The standard InChI is InChI=1S/C15H22O2S/c1-11(2)18(12(3)4)14-8-5-13(6-9-14)7-10-15(16)17/h5-6,8-9,11-12H,7,10H2,1-4H3/p+1. The van der Waals surface area contributed by atoms with Crippen LogP contribution in [0.1, 0.15) is 39.7 Å². The van der Waals surface area contributed by atoms with E-state index < -0.39 is 5.97 Å². The van der Waals surface area contributed by atoms with E-state index in [-0.39, 0.29) is 17.3 Å². The highest BCUT2D eigenvalue weighted by atomic mass is 32.2. The maximum Gasteiger partial charge on any atom is 0.303 e. The highest BCUT2D eigenvalue weighted by molar-refractivity contribution is 7.98. The Kier molecular flexibility index (Phi) is 5.73. The number of carboxylic acid groups (broad SMARTS) is 1. The molecule has 1 rings (SSSR count). The van der Waals surface area contributed by atoms with Gasteiger partial charge in [-0.2, -0.15) is 0 Å². The summed E-state index contributed by atoms with van der Waals surface area (Å²) in [4.78, 5) is 11.9. The molecule has 0 unspecified atom stereocenters. The van der Waals surface area contributed by atoms with E-state index in [0.29, 0.717) is 16.9 Å². The number of hydrogen-bond donors (Lipinski definition) is 1. The van der Waals surface area contributed by atoms with Crippen molar-refractivity contribution in [1.82, 2.24) is 0 Å². The molecule has 1 aromatic carbocycles. The molecule has 0 bridgehead atoms. The van der Waals surface area contributed by atoms with Gasteiger partial charge < -0.3 is 5.11 Å². The molecule has 0 aromatic heterocycles. The molecule has 1 N–H and O–H groups in total. The van der Waals surface area contributed by atoms with Gasteiger partial charge in [0.25, 0.3) is 0 Å². The molecular weight excluding hydrogens is 244 g/mol. The predicted octanol–water partition coefficient (Wildman–Crippen LogP) is 3.50. The Morgan fingerprint density at radius 3 is 2.00 bits per heavy atom. The molecule has 0 radical (unpaired) electrons. The first kappa shape index (κ1) is 15.1. The van der Waals surface area contributed by atoms with Crippen LogP contribution in [0.3, 0.4) is 0 Å². The van der Waals surface area contributed by atoms with Gasteiger partial charge in [0, 0.05) is 17.3 Å². The SMILES string of the molecule is CC(C)[S+](c1ccc(CCC(=O)O)cc1)C(C)C. The van der Waals surface area contributed by atoms with Crippen LogP contribution in [-0.4, -0.2) is 21.6 Å². The maximum atomic E-state index is 10.5. The van der Waals surface area contributed by atoms with Crippen LogP contribution in [0.4, 0.5) is 0 Å². The van der Waals surface area contributed by atoms with Crippen LogP contribution in [0.25, 0.3) is 0 Å². The monoisotopic (exact) mass is 267 g/mol. The summed E-state index contributed by atoms with van der Waals surface area (Å²) < 4.78 is 0. The molecular formula is C15H23O2S+. The number of rotatable bonds is 6. The Morgan fingerprint density at radius 2 is 1.61 bits per heavy atom. The number of aryl methyl sites for hydroxylation is 1. The second-order valence-corrected chi connectivity index (χ2v) is 8.11. The minimum atomic E-state index is -0.733. The van der Waals surface area contributed by atoms with Gasteiger partial charge in [-0.05, 0) is 51.8 Å². The minimum absolute atomic E-state index is 0.208. The first-order valence-electron chi connectivity index (χ1n) is 6.44. The summed E-state index contributed by atoms with van der Waals surface area (Å²) in [5.74, 6) is -0.733. The molecule has 0 aliphatic heterocycles. The molecule has 0 amide bonds. The maximum absolute atomic E-state index is 10.5. The van der Waals surface area contributed by atoms with Gasteiger partial charge in [0.15, 0.2) is 4.90 Å². The summed E-state index contributed by atoms with van der Waals surface area (Å²) in [6, 6.07) is 8.48. The molecule has 0 atom stereocenters. The summed E-state index contributed by atoms with van der Waals surface area (Å²) >= 11 is 0. The van der Waals surface area contributed by atoms with Gasteiger partial charge in [0.2, 0.25) is 0 Å². The van der Waals surface area contributed by atoms with Crippen molar-refractivity contribution in [3.05, 3.63) is 29.8 Å². The predicted molar refractivity (Wildman–Crippen MR) is 78.3 cm³/mol. The van der Waals surface area contributed by atoms with E-state index in [1.807, 2.05) is 0 Å². The Bertz CT molecular complexity index is 374.